The minimum atomic E-state index is -1.15. The number of β-lactam (4-membered cyclic amide) rings is 1. The number of hydrogen-bond donors (Lipinski definition) is 3. The number of fused-ring (bicyclic) bond motifs is 1. The molecule has 0 saturated carbocycles. The van der Waals surface area contributed by atoms with E-state index in [4.69, 9.17) is 15.2 Å². The van der Waals surface area contributed by atoms with Crippen LogP contribution in [-0.4, -0.2) is 74.6 Å². The number of allylic oxidation sites excluding steroid dienone is 1. The molecule has 3 unspecified atom stereocenters. The molecule has 0 radical (unpaired) electrons. The summed E-state index contributed by atoms with van der Waals surface area (Å²) < 4.78 is 10.7. The Kier molecular flexibility index (Phi) is 7.98. The number of anilines is 1. The van der Waals surface area contributed by atoms with Gasteiger partial charge in [-0.05, 0) is 27.7 Å². The monoisotopic (exact) mass is 539 g/mol. The van der Waals surface area contributed by atoms with E-state index in [0.717, 1.165) is 11.3 Å². The Bertz CT molecular complexity index is 1110. The van der Waals surface area contributed by atoms with Gasteiger partial charge in [0.25, 0.3) is 5.91 Å². The number of nitrogen functional groups attached to an aromatic ring is 1. The summed E-state index contributed by atoms with van der Waals surface area (Å²) >= 11 is 2.38. The molecule has 2 saturated heterocycles. The molecule has 1 aromatic rings. The fourth-order valence-corrected chi connectivity index (χ4v) is 5.70. The highest BCUT2D eigenvalue weighted by Gasteiger charge is 2.57. The summed E-state index contributed by atoms with van der Waals surface area (Å²) in [7, 11) is 0. The van der Waals surface area contributed by atoms with E-state index in [-0.39, 0.29) is 28.8 Å². The first-order chi connectivity index (χ1) is 16.8. The third-order valence-corrected chi connectivity index (χ3v) is 7.75. The SMILES string of the molecule is CC=CC1(C(=O)OC(C)OC(=O)C(C)(C)C)CS[C@@H]2C(NC(=O)C(=NO)c3csc(N)n3)C(=O)N2C1. The lowest BCUT2D eigenvalue weighted by molar-refractivity contribution is -0.195. The van der Waals surface area contributed by atoms with E-state index < -0.39 is 52.3 Å². The standard InChI is InChI=1S/C22H29N5O7S2/c1-6-7-22(19(31)34-11(2)33-18(30)21(3,4)5)9-27-16(29)14(17(27)36-10-22)25-15(28)13(26-32)12-8-35-20(23)24-12/h6-8,11,14,17,32H,9-10H2,1-5H3,(H2,23,24)(H,25,28)/t11?,14?,17-,22?/m1/s1. The minimum Gasteiger partial charge on any atom is -0.425 e. The zero-order valence-electron chi connectivity index (χ0n) is 20.5. The van der Waals surface area contributed by atoms with E-state index >= 15 is 0 Å². The molecule has 36 heavy (non-hydrogen) atoms. The van der Waals surface area contributed by atoms with Crippen LogP contribution in [-0.2, 0) is 28.7 Å². The summed E-state index contributed by atoms with van der Waals surface area (Å²) in [4.78, 5) is 56.2. The Morgan fingerprint density at radius 3 is 2.64 bits per heavy atom. The highest BCUT2D eigenvalue weighted by molar-refractivity contribution is 8.00. The van der Waals surface area contributed by atoms with Gasteiger partial charge in [0.05, 0.1) is 5.41 Å². The van der Waals surface area contributed by atoms with Crippen molar-refractivity contribution in [2.75, 3.05) is 18.0 Å². The first kappa shape index (κ1) is 27.5. The van der Waals surface area contributed by atoms with E-state index in [1.54, 1.807) is 39.8 Å². The van der Waals surface area contributed by atoms with E-state index in [2.05, 4.69) is 15.5 Å². The zero-order chi connectivity index (χ0) is 26.8. The molecule has 0 bridgehead atoms. The number of ether oxygens (including phenoxy) is 2. The van der Waals surface area contributed by atoms with Gasteiger partial charge in [0, 0.05) is 24.6 Å². The van der Waals surface area contributed by atoms with Crippen LogP contribution in [0.15, 0.2) is 22.7 Å². The molecule has 0 spiro atoms. The summed E-state index contributed by atoms with van der Waals surface area (Å²) in [6, 6.07) is -0.874. The topological polar surface area (TPSA) is 174 Å². The number of esters is 2. The number of thiazole rings is 1. The van der Waals surface area contributed by atoms with Crippen molar-refractivity contribution in [2.24, 2.45) is 16.0 Å². The van der Waals surface area contributed by atoms with Gasteiger partial charge in [0.2, 0.25) is 12.2 Å². The van der Waals surface area contributed by atoms with Crippen LogP contribution in [0.2, 0.25) is 0 Å². The normalized spacial score (nSPS) is 25.1. The molecule has 12 nitrogen and oxygen atoms in total. The van der Waals surface area contributed by atoms with Crippen LogP contribution < -0.4 is 11.1 Å². The lowest BCUT2D eigenvalue weighted by Crippen LogP contribution is -2.74. The molecule has 2 aliphatic heterocycles. The molecule has 14 heteroatoms. The molecular formula is C22H29N5O7S2. The quantitative estimate of drug-likeness (QED) is 0.0872. The van der Waals surface area contributed by atoms with Crippen LogP contribution in [0.1, 0.15) is 40.3 Å². The average Bonchev–Trinajstić information content (AvgIpc) is 3.23. The Labute approximate surface area is 216 Å². The molecule has 0 aromatic carbocycles. The van der Waals surface area contributed by atoms with Crippen molar-refractivity contribution in [2.45, 2.75) is 52.3 Å². The van der Waals surface area contributed by atoms with Gasteiger partial charge in [0.1, 0.15) is 22.5 Å². The van der Waals surface area contributed by atoms with Gasteiger partial charge in [-0.3, -0.25) is 19.2 Å². The van der Waals surface area contributed by atoms with Crippen molar-refractivity contribution >= 4 is 57.7 Å². The zero-order valence-corrected chi connectivity index (χ0v) is 22.1. The predicted molar refractivity (Wildman–Crippen MR) is 133 cm³/mol. The maximum Gasteiger partial charge on any atom is 0.321 e. The van der Waals surface area contributed by atoms with Gasteiger partial charge < -0.3 is 30.6 Å². The van der Waals surface area contributed by atoms with Gasteiger partial charge in [-0.2, -0.15) is 0 Å². The van der Waals surface area contributed by atoms with Gasteiger partial charge in [-0.1, -0.05) is 17.3 Å². The predicted octanol–water partition coefficient (Wildman–Crippen LogP) is 1.34. The number of nitrogens with two attached hydrogens (primary N) is 1. The molecular weight excluding hydrogens is 510 g/mol. The Balaban J connectivity index is 1.66. The lowest BCUT2D eigenvalue weighted by Gasteiger charge is -2.53. The number of rotatable bonds is 7. The Hall–Kier alpha value is -3.13. The minimum absolute atomic E-state index is 0.0303. The van der Waals surface area contributed by atoms with Gasteiger partial charge in [-0.25, -0.2) is 4.98 Å². The van der Waals surface area contributed by atoms with Crippen LogP contribution in [0.4, 0.5) is 5.13 Å². The van der Waals surface area contributed by atoms with E-state index in [0.29, 0.717) is 0 Å². The summed E-state index contributed by atoms with van der Waals surface area (Å²) in [5.41, 5.74) is 3.39. The fraction of sp³-hybridized carbons (Fsp3) is 0.545. The van der Waals surface area contributed by atoms with E-state index in [1.165, 1.54) is 29.0 Å². The number of oxime groups is 1. The molecule has 4 N–H and O–H groups in total. The highest BCUT2D eigenvalue weighted by Crippen LogP contribution is 2.43. The maximum absolute atomic E-state index is 13.1. The second-order valence-corrected chi connectivity index (χ2v) is 11.4. The Morgan fingerprint density at radius 1 is 1.39 bits per heavy atom. The van der Waals surface area contributed by atoms with E-state index in [1.807, 2.05) is 0 Å². The fourth-order valence-electron chi connectivity index (χ4n) is 3.64. The molecule has 2 aliphatic rings. The smallest absolute Gasteiger partial charge is 0.321 e. The van der Waals surface area contributed by atoms with Crippen molar-refractivity contribution in [3.8, 4) is 0 Å². The second kappa shape index (κ2) is 10.5. The number of amides is 2. The number of thioether (sulfide) groups is 1. The van der Waals surface area contributed by atoms with Gasteiger partial charge in [-0.15, -0.1) is 23.1 Å². The molecule has 1 aromatic heterocycles. The molecule has 4 atom stereocenters. The molecule has 3 rings (SSSR count). The first-order valence-corrected chi connectivity index (χ1v) is 13.0. The van der Waals surface area contributed by atoms with Crippen molar-refractivity contribution in [1.29, 1.82) is 0 Å². The first-order valence-electron chi connectivity index (χ1n) is 11.1. The molecule has 2 fully saturated rings. The summed E-state index contributed by atoms with van der Waals surface area (Å²) in [6.07, 6.45) is 2.25. The van der Waals surface area contributed by atoms with Crippen LogP contribution in [0.3, 0.4) is 0 Å². The summed E-state index contributed by atoms with van der Waals surface area (Å²) in [5.74, 6) is -2.05. The number of hydrogen-bond acceptors (Lipinski definition) is 12. The molecule has 2 amide bonds. The van der Waals surface area contributed by atoms with Crippen LogP contribution in [0.25, 0.3) is 0 Å². The summed E-state index contributed by atoms with van der Waals surface area (Å²) in [5, 5.41) is 16.1. The third-order valence-electron chi connectivity index (χ3n) is 5.52. The van der Waals surface area contributed by atoms with Crippen molar-refractivity contribution in [1.82, 2.24) is 15.2 Å². The van der Waals surface area contributed by atoms with Crippen molar-refractivity contribution in [3.63, 3.8) is 0 Å². The molecule has 0 aliphatic carbocycles. The van der Waals surface area contributed by atoms with Crippen LogP contribution >= 0.6 is 23.1 Å². The number of aromatic nitrogens is 1. The van der Waals surface area contributed by atoms with Crippen molar-refractivity contribution in [3.05, 3.63) is 23.2 Å². The van der Waals surface area contributed by atoms with Gasteiger partial charge >= 0.3 is 11.9 Å². The maximum atomic E-state index is 13.1. The highest BCUT2D eigenvalue weighted by atomic mass is 32.2. The summed E-state index contributed by atoms with van der Waals surface area (Å²) in [6.45, 7) is 8.31. The number of nitrogens with zero attached hydrogens (tertiary/aromatic N) is 3. The van der Waals surface area contributed by atoms with E-state index in [9.17, 15) is 24.4 Å². The second-order valence-electron chi connectivity index (χ2n) is 9.42. The third kappa shape index (κ3) is 5.48. The average molecular weight is 540 g/mol. The molecule has 196 valence electrons. The lowest BCUT2D eigenvalue weighted by atomic mass is 9.86. The number of carbonyl (C=O) groups is 4. The largest absolute Gasteiger partial charge is 0.425 e. The Morgan fingerprint density at radius 2 is 2.08 bits per heavy atom. The van der Waals surface area contributed by atoms with Crippen molar-refractivity contribution < 1.29 is 33.9 Å². The van der Waals surface area contributed by atoms with Crippen LogP contribution in [0.5, 0.6) is 0 Å². The number of carbonyl (C=O) groups excluding carboxylic acids is 4. The molecule has 3 heterocycles. The van der Waals surface area contributed by atoms with Gasteiger partial charge in [0.15, 0.2) is 10.8 Å². The van der Waals surface area contributed by atoms with Crippen LogP contribution in [0, 0.1) is 10.8 Å². The number of nitrogens with one attached hydrogen (secondary N) is 1.